The quantitative estimate of drug-likeness (QED) is 0.586. The van der Waals surface area contributed by atoms with E-state index in [0.717, 1.165) is 32.2 Å². The van der Waals surface area contributed by atoms with Crippen LogP contribution in [0.5, 0.6) is 0 Å². The number of likely N-dealkylation sites (tertiary alicyclic amines) is 1. The summed E-state index contributed by atoms with van der Waals surface area (Å²) in [6.07, 6.45) is 5.32. The van der Waals surface area contributed by atoms with Gasteiger partial charge in [-0.2, -0.15) is 0 Å². The fourth-order valence-corrected chi connectivity index (χ4v) is 3.69. The van der Waals surface area contributed by atoms with Crippen LogP contribution in [0.15, 0.2) is 11.6 Å². The fraction of sp³-hybridized carbons (Fsp3) is 0.783. The van der Waals surface area contributed by atoms with Crippen molar-refractivity contribution in [1.82, 2.24) is 15.1 Å². The van der Waals surface area contributed by atoms with Gasteiger partial charge in [0.2, 0.25) is 11.8 Å². The normalized spacial score (nSPS) is 19.9. The first-order valence-corrected chi connectivity index (χ1v) is 10.9. The molecule has 1 saturated heterocycles. The van der Waals surface area contributed by atoms with Crippen LogP contribution in [0.1, 0.15) is 74.1 Å². The van der Waals surface area contributed by atoms with Crippen LogP contribution in [0.3, 0.4) is 0 Å². The molecule has 0 aliphatic carbocycles. The second-order valence-corrected chi connectivity index (χ2v) is 10.1. The summed E-state index contributed by atoms with van der Waals surface area (Å²) in [5.74, 6) is -1.33. The van der Waals surface area contributed by atoms with Crippen molar-refractivity contribution in [2.24, 2.45) is 5.41 Å². The van der Waals surface area contributed by atoms with Crippen molar-refractivity contribution >= 4 is 17.8 Å². The standard InChI is InChI=1S/C23H41N3O4/c1-9-23(6,7)26-14-11-10-12-17(26)19(27)24-18(22(3,4)5)20(28)25(8)15-13-16(2)21(29)30/h13,17-18H,9-12,14-15H2,1-8H3,(H,24,27)(H,29,30)/b16-13+. The average Bonchev–Trinajstić information content (AvgIpc) is 2.68. The summed E-state index contributed by atoms with van der Waals surface area (Å²) in [6, 6.07) is -0.937. The second kappa shape index (κ2) is 10.4. The summed E-state index contributed by atoms with van der Waals surface area (Å²) < 4.78 is 0. The molecular weight excluding hydrogens is 382 g/mol. The molecule has 0 aromatic rings. The van der Waals surface area contributed by atoms with Crippen molar-refractivity contribution in [3.05, 3.63) is 11.6 Å². The maximum Gasteiger partial charge on any atom is 0.331 e. The van der Waals surface area contributed by atoms with Crippen LogP contribution in [0.4, 0.5) is 0 Å². The van der Waals surface area contributed by atoms with E-state index in [1.165, 1.54) is 17.9 Å². The summed E-state index contributed by atoms with van der Waals surface area (Å²) in [6.45, 7) is 14.8. The number of nitrogens with zero attached hydrogens (tertiary/aromatic N) is 2. The molecule has 172 valence electrons. The summed E-state index contributed by atoms with van der Waals surface area (Å²) in [5.41, 5.74) is -0.378. The molecule has 1 heterocycles. The molecule has 2 atom stereocenters. The van der Waals surface area contributed by atoms with Gasteiger partial charge in [-0.15, -0.1) is 0 Å². The van der Waals surface area contributed by atoms with Crippen LogP contribution in [0.25, 0.3) is 0 Å². The minimum atomic E-state index is -1.01. The molecule has 2 N–H and O–H groups in total. The maximum atomic E-state index is 13.3. The van der Waals surface area contributed by atoms with E-state index in [0.29, 0.717) is 0 Å². The molecule has 1 aliphatic rings. The van der Waals surface area contributed by atoms with E-state index in [2.05, 4.69) is 31.0 Å². The zero-order valence-corrected chi connectivity index (χ0v) is 20.0. The second-order valence-electron chi connectivity index (χ2n) is 10.1. The molecule has 0 spiro atoms. The van der Waals surface area contributed by atoms with Gasteiger partial charge in [-0.1, -0.05) is 40.2 Å². The Kier molecular flexibility index (Phi) is 9.08. The predicted octanol–water partition coefficient (Wildman–Crippen LogP) is 3.05. The third-order valence-corrected chi connectivity index (χ3v) is 6.23. The Balaban J connectivity index is 3.01. The first-order valence-electron chi connectivity index (χ1n) is 10.9. The molecule has 0 aromatic heterocycles. The number of hydrogen-bond acceptors (Lipinski definition) is 4. The van der Waals surface area contributed by atoms with Gasteiger partial charge in [-0.25, -0.2) is 4.79 Å². The third kappa shape index (κ3) is 6.83. The smallest absolute Gasteiger partial charge is 0.331 e. The zero-order valence-electron chi connectivity index (χ0n) is 20.0. The van der Waals surface area contributed by atoms with Gasteiger partial charge in [0.1, 0.15) is 6.04 Å². The highest BCUT2D eigenvalue weighted by Gasteiger charge is 2.40. The largest absolute Gasteiger partial charge is 0.478 e. The van der Waals surface area contributed by atoms with Crippen molar-refractivity contribution in [3.8, 4) is 0 Å². The molecule has 0 aromatic carbocycles. The molecular formula is C23H41N3O4. The molecule has 1 rings (SSSR count). The molecule has 0 bridgehead atoms. The number of carboxylic acids is 1. The van der Waals surface area contributed by atoms with Gasteiger partial charge in [0.15, 0.2) is 0 Å². The lowest BCUT2D eigenvalue weighted by Gasteiger charge is -2.46. The van der Waals surface area contributed by atoms with E-state index in [4.69, 9.17) is 5.11 Å². The monoisotopic (exact) mass is 423 g/mol. The van der Waals surface area contributed by atoms with Gasteiger partial charge in [-0.3, -0.25) is 14.5 Å². The lowest BCUT2D eigenvalue weighted by atomic mass is 9.85. The van der Waals surface area contributed by atoms with Gasteiger partial charge in [-0.05, 0) is 52.0 Å². The molecule has 7 heteroatoms. The Labute approximate surface area is 181 Å². The molecule has 0 radical (unpaired) electrons. The maximum absolute atomic E-state index is 13.3. The lowest BCUT2D eigenvalue weighted by Crippen LogP contribution is -2.61. The molecule has 30 heavy (non-hydrogen) atoms. The number of carbonyl (C=O) groups excluding carboxylic acids is 2. The molecule has 7 nitrogen and oxygen atoms in total. The number of carboxylic acid groups (broad SMARTS) is 1. The first kappa shape index (κ1) is 26.1. The van der Waals surface area contributed by atoms with E-state index in [1.54, 1.807) is 7.05 Å². The van der Waals surface area contributed by atoms with E-state index >= 15 is 0 Å². The van der Waals surface area contributed by atoms with Crippen molar-refractivity contribution in [3.63, 3.8) is 0 Å². The van der Waals surface area contributed by atoms with Crippen molar-refractivity contribution in [2.45, 2.75) is 91.8 Å². The van der Waals surface area contributed by atoms with E-state index in [-0.39, 0.29) is 35.5 Å². The Morgan fingerprint density at radius 3 is 2.30 bits per heavy atom. The summed E-state index contributed by atoms with van der Waals surface area (Å²) >= 11 is 0. The first-order chi connectivity index (χ1) is 13.7. The van der Waals surface area contributed by atoms with Crippen LogP contribution >= 0.6 is 0 Å². The van der Waals surface area contributed by atoms with Crippen molar-refractivity contribution < 1.29 is 19.5 Å². The molecule has 0 saturated carbocycles. The van der Waals surface area contributed by atoms with Gasteiger partial charge >= 0.3 is 5.97 Å². The van der Waals surface area contributed by atoms with Gasteiger partial charge in [0, 0.05) is 24.7 Å². The van der Waals surface area contributed by atoms with E-state index < -0.39 is 17.4 Å². The molecule has 2 unspecified atom stereocenters. The molecule has 1 aliphatic heterocycles. The third-order valence-electron chi connectivity index (χ3n) is 6.23. The number of rotatable bonds is 8. The summed E-state index contributed by atoms with van der Waals surface area (Å²) in [5, 5.41) is 12.0. The Morgan fingerprint density at radius 2 is 1.80 bits per heavy atom. The van der Waals surface area contributed by atoms with Crippen molar-refractivity contribution in [1.29, 1.82) is 0 Å². The number of likely N-dealkylation sites (N-methyl/N-ethyl adjacent to an activating group) is 1. The molecule has 1 fully saturated rings. The Hall–Kier alpha value is -1.89. The van der Waals surface area contributed by atoms with Crippen LogP contribution in [0.2, 0.25) is 0 Å². The van der Waals surface area contributed by atoms with Gasteiger partial charge < -0.3 is 15.3 Å². The minimum Gasteiger partial charge on any atom is -0.478 e. The fourth-order valence-electron chi connectivity index (χ4n) is 3.69. The highest BCUT2D eigenvalue weighted by molar-refractivity contribution is 5.90. The number of piperidine rings is 1. The van der Waals surface area contributed by atoms with Crippen LogP contribution in [-0.4, -0.2) is 70.4 Å². The SMILES string of the molecule is CCC(C)(C)N1CCCCC1C(=O)NC(C(=O)N(C)C/C=C(\C)C(=O)O)C(C)(C)C. The highest BCUT2D eigenvalue weighted by Crippen LogP contribution is 2.29. The summed E-state index contributed by atoms with van der Waals surface area (Å²) in [7, 11) is 1.63. The van der Waals surface area contributed by atoms with E-state index in [9.17, 15) is 14.4 Å². The average molecular weight is 424 g/mol. The van der Waals surface area contributed by atoms with Gasteiger partial charge in [0.05, 0.1) is 6.04 Å². The van der Waals surface area contributed by atoms with Crippen LogP contribution in [-0.2, 0) is 14.4 Å². The number of nitrogens with one attached hydrogen (secondary N) is 1. The number of hydrogen-bond donors (Lipinski definition) is 2. The highest BCUT2D eigenvalue weighted by atomic mass is 16.4. The topological polar surface area (TPSA) is 90.0 Å². The van der Waals surface area contributed by atoms with E-state index in [1.807, 2.05) is 20.8 Å². The molecule has 2 amide bonds. The Morgan fingerprint density at radius 1 is 1.20 bits per heavy atom. The summed E-state index contributed by atoms with van der Waals surface area (Å²) in [4.78, 5) is 41.2. The zero-order chi connectivity index (χ0) is 23.3. The number of amides is 2. The van der Waals surface area contributed by atoms with Crippen LogP contribution in [0, 0.1) is 5.41 Å². The van der Waals surface area contributed by atoms with Crippen molar-refractivity contribution in [2.75, 3.05) is 20.1 Å². The van der Waals surface area contributed by atoms with Gasteiger partial charge in [0.25, 0.3) is 0 Å². The number of carbonyl (C=O) groups is 3. The predicted molar refractivity (Wildman–Crippen MR) is 119 cm³/mol. The van der Waals surface area contributed by atoms with Crippen LogP contribution < -0.4 is 5.32 Å². The lowest BCUT2D eigenvalue weighted by molar-refractivity contribution is -0.141. The number of aliphatic carboxylic acids is 1. The minimum absolute atomic E-state index is 0.0837. The Bertz CT molecular complexity index is 664.